The largest absolute Gasteiger partial charge is 0.292 e. The Kier molecular flexibility index (Phi) is 6.50. The molecule has 7 nitrogen and oxygen atoms in total. The average molecular weight is 315 g/mol. The number of nitrogens with zero attached hydrogens (tertiary/aromatic N) is 3. The van der Waals surface area contributed by atoms with Gasteiger partial charge in [0.1, 0.15) is 4.90 Å². The first kappa shape index (κ1) is 17.8. The first-order valence-electron chi connectivity index (χ1n) is 7.17. The van der Waals surface area contributed by atoms with Crippen LogP contribution in [0.1, 0.15) is 40.5 Å². The number of hydrazine groups is 1. The fourth-order valence-corrected chi connectivity index (χ4v) is 3.99. The van der Waals surface area contributed by atoms with E-state index in [1.165, 1.54) is 12.4 Å². The topological polar surface area (TPSA) is 101 Å². The van der Waals surface area contributed by atoms with Crippen molar-refractivity contribution < 1.29 is 8.42 Å². The Bertz CT molecular complexity index is 526. The zero-order valence-electron chi connectivity index (χ0n) is 13.1. The number of sulfonamides is 1. The van der Waals surface area contributed by atoms with Crippen molar-refractivity contribution in [3.8, 4) is 0 Å². The first-order valence-corrected chi connectivity index (χ1v) is 8.61. The van der Waals surface area contributed by atoms with Crippen molar-refractivity contribution in [2.45, 2.75) is 51.5 Å². The highest BCUT2D eigenvalue weighted by Crippen LogP contribution is 2.22. The molecule has 0 aliphatic heterocycles. The lowest BCUT2D eigenvalue weighted by atomic mass is 10.1. The summed E-state index contributed by atoms with van der Waals surface area (Å²) in [5, 5.41) is 0. The maximum absolute atomic E-state index is 12.8. The number of rotatable bonds is 8. The molecule has 0 saturated carbocycles. The van der Waals surface area contributed by atoms with Crippen LogP contribution in [0.5, 0.6) is 0 Å². The van der Waals surface area contributed by atoms with Gasteiger partial charge in [0.2, 0.25) is 16.0 Å². The van der Waals surface area contributed by atoms with Crippen molar-refractivity contribution in [3.05, 3.63) is 12.4 Å². The molecule has 0 unspecified atom stereocenters. The van der Waals surface area contributed by atoms with E-state index in [9.17, 15) is 8.42 Å². The standard InChI is InChI=1S/C13H25N5O2S/c1-5-11(6-2)18(9-10(3)4)21(19,20)12-7-15-13(17-14)16-8-12/h7-8,10-11H,5-6,9,14H2,1-4H3,(H,15,16,17). The predicted molar refractivity (Wildman–Crippen MR) is 82.9 cm³/mol. The van der Waals surface area contributed by atoms with Gasteiger partial charge in [0.15, 0.2) is 0 Å². The number of aromatic nitrogens is 2. The van der Waals surface area contributed by atoms with E-state index in [4.69, 9.17) is 5.84 Å². The van der Waals surface area contributed by atoms with Crippen LogP contribution in [0.3, 0.4) is 0 Å². The van der Waals surface area contributed by atoms with E-state index in [0.29, 0.717) is 6.54 Å². The monoisotopic (exact) mass is 315 g/mol. The number of hydrogen-bond acceptors (Lipinski definition) is 6. The van der Waals surface area contributed by atoms with Gasteiger partial charge >= 0.3 is 0 Å². The molecule has 0 atom stereocenters. The minimum absolute atomic E-state index is 0.0234. The number of nitrogens with one attached hydrogen (secondary N) is 1. The lowest BCUT2D eigenvalue weighted by Gasteiger charge is -2.30. The molecule has 1 aromatic heterocycles. The third-order valence-electron chi connectivity index (χ3n) is 3.26. The van der Waals surface area contributed by atoms with Gasteiger partial charge in [-0.1, -0.05) is 27.7 Å². The van der Waals surface area contributed by atoms with E-state index in [1.54, 1.807) is 4.31 Å². The van der Waals surface area contributed by atoms with Crippen LogP contribution < -0.4 is 11.3 Å². The molecule has 0 spiro atoms. The highest BCUT2D eigenvalue weighted by Gasteiger charge is 2.30. The van der Waals surface area contributed by atoms with Crippen LogP contribution in [0.15, 0.2) is 17.3 Å². The minimum atomic E-state index is -3.60. The highest BCUT2D eigenvalue weighted by atomic mass is 32.2. The molecule has 0 aliphatic carbocycles. The number of nitrogens with two attached hydrogens (primary N) is 1. The summed E-state index contributed by atoms with van der Waals surface area (Å²) in [7, 11) is -3.60. The Labute approximate surface area is 127 Å². The molecule has 3 N–H and O–H groups in total. The second-order valence-electron chi connectivity index (χ2n) is 5.33. The molecule has 8 heteroatoms. The van der Waals surface area contributed by atoms with Crippen LogP contribution in [-0.2, 0) is 10.0 Å². The summed E-state index contributed by atoms with van der Waals surface area (Å²) in [4.78, 5) is 7.86. The molecule has 1 heterocycles. The van der Waals surface area contributed by atoms with Gasteiger partial charge in [0, 0.05) is 12.6 Å². The minimum Gasteiger partial charge on any atom is -0.292 e. The Balaban J connectivity index is 3.18. The van der Waals surface area contributed by atoms with Gasteiger partial charge in [0.05, 0.1) is 12.4 Å². The van der Waals surface area contributed by atoms with Crippen LogP contribution in [0.4, 0.5) is 5.95 Å². The number of anilines is 1. The van der Waals surface area contributed by atoms with Crippen molar-refractivity contribution in [3.63, 3.8) is 0 Å². The normalized spacial score (nSPS) is 12.4. The van der Waals surface area contributed by atoms with Crippen molar-refractivity contribution >= 4 is 16.0 Å². The molecule has 1 aromatic rings. The third-order valence-corrected chi connectivity index (χ3v) is 5.13. The SMILES string of the molecule is CCC(CC)N(CC(C)C)S(=O)(=O)c1cnc(NN)nc1. The summed E-state index contributed by atoms with van der Waals surface area (Å²) in [6, 6.07) is -0.0234. The van der Waals surface area contributed by atoms with E-state index < -0.39 is 10.0 Å². The Hall–Kier alpha value is -1.25. The third kappa shape index (κ3) is 4.36. The molecule has 21 heavy (non-hydrogen) atoms. The number of hydrogen-bond donors (Lipinski definition) is 2. The molecule has 0 amide bonds. The second-order valence-corrected chi connectivity index (χ2v) is 7.22. The summed E-state index contributed by atoms with van der Waals surface area (Å²) < 4.78 is 27.2. The molecule has 120 valence electrons. The first-order chi connectivity index (χ1) is 9.86. The van der Waals surface area contributed by atoms with E-state index in [1.807, 2.05) is 27.7 Å². The molecule has 1 rings (SSSR count). The zero-order valence-corrected chi connectivity index (χ0v) is 13.9. The lowest BCUT2D eigenvalue weighted by molar-refractivity contribution is 0.276. The Morgan fingerprint density at radius 1 is 1.24 bits per heavy atom. The van der Waals surface area contributed by atoms with Crippen molar-refractivity contribution in [2.75, 3.05) is 12.0 Å². The average Bonchev–Trinajstić information content (AvgIpc) is 2.47. The van der Waals surface area contributed by atoms with E-state index >= 15 is 0 Å². The van der Waals surface area contributed by atoms with Crippen LogP contribution in [0.2, 0.25) is 0 Å². The molecule has 0 saturated heterocycles. The molecular weight excluding hydrogens is 290 g/mol. The summed E-state index contributed by atoms with van der Waals surface area (Å²) in [6.45, 7) is 8.47. The van der Waals surface area contributed by atoms with E-state index in [0.717, 1.165) is 12.8 Å². The maximum atomic E-state index is 12.8. The van der Waals surface area contributed by atoms with E-state index in [-0.39, 0.29) is 22.8 Å². The van der Waals surface area contributed by atoms with Gasteiger partial charge in [-0.15, -0.1) is 0 Å². The van der Waals surface area contributed by atoms with Gasteiger partial charge in [-0.05, 0) is 18.8 Å². The smallest absolute Gasteiger partial charge is 0.246 e. The summed E-state index contributed by atoms with van der Waals surface area (Å²) in [5.74, 6) is 5.62. The summed E-state index contributed by atoms with van der Waals surface area (Å²) in [6.07, 6.45) is 4.11. The highest BCUT2D eigenvalue weighted by molar-refractivity contribution is 7.89. The van der Waals surface area contributed by atoms with Crippen LogP contribution in [0, 0.1) is 5.92 Å². The fourth-order valence-electron chi connectivity index (χ4n) is 2.16. The fraction of sp³-hybridized carbons (Fsp3) is 0.692. The van der Waals surface area contributed by atoms with Crippen LogP contribution in [-0.4, -0.2) is 35.3 Å². The molecule has 0 fully saturated rings. The van der Waals surface area contributed by atoms with Crippen molar-refractivity contribution in [1.29, 1.82) is 0 Å². The molecule has 0 radical (unpaired) electrons. The molecule has 0 aromatic carbocycles. The summed E-state index contributed by atoms with van der Waals surface area (Å²) in [5.41, 5.74) is 2.28. The molecular formula is C13H25N5O2S. The van der Waals surface area contributed by atoms with Crippen LogP contribution >= 0.6 is 0 Å². The van der Waals surface area contributed by atoms with Crippen molar-refractivity contribution in [2.24, 2.45) is 11.8 Å². The predicted octanol–water partition coefficient (Wildman–Crippen LogP) is 1.60. The summed E-state index contributed by atoms with van der Waals surface area (Å²) >= 11 is 0. The second kappa shape index (κ2) is 7.67. The van der Waals surface area contributed by atoms with Crippen molar-refractivity contribution in [1.82, 2.24) is 14.3 Å². The quantitative estimate of drug-likeness (QED) is 0.558. The van der Waals surface area contributed by atoms with Gasteiger partial charge in [-0.2, -0.15) is 4.31 Å². The maximum Gasteiger partial charge on any atom is 0.246 e. The lowest BCUT2D eigenvalue weighted by Crippen LogP contribution is -2.42. The Morgan fingerprint density at radius 3 is 2.14 bits per heavy atom. The molecule has 0 aliphatic rings. The van der Waals surface area contributed by atoms with Gasteiger partial charge in [-0.25, -0.2) is 24.2 Å². The zero-order chi connectivity index (χ0) is 16.0. The van der Waals surface area contributed by atoms with E-state index in [2.05, 4.69) is 15.4 Å². The van der Waals surface area contributed by atoms with Gasteiger partial charge in [0.25, 0.3) is 0 Å². The molecule has 0 bridgehead atoms. The van der Waals surface area contributed by atoms with Crippen LogP contribution in [0.25, 0.3) is 0 Å². The van der Waals surface area contributed by atoms with Gasteiger partial charge < -0.3 is 0 Å². The Morgan fingerprint density at radius 2 is 1.76 bits per heavy atom. The number of nitrogen functional groups attached to an aromatic ring is 1. The van der Waals surface area contributed by atoms with Gasteiger partial charge in [-0.3, -0.25) is 5.43 Å².